The number of halogens is 1. The largest absolute Gasteiger partial charge is 0.492 e. The lowest BCUT2D eigenvalue weighted by molar-refractivity contribution is 0.105. The molecule has 2 aromatic heterocycles. The second-order valence-electron chi connectivity index (χ2n) is 7.90. The van der Waals surface area contributed by atoms with E-state index in [0.29, 0.717) is 15.8 Å². The third kappa shape index (κ3) is 4.19. The number of hydrogen-bond acceptors (Lipinski definition) is 6. The van der Waals surface area contributed by atoms with E-state index in [2.05, 4.69) is 50.2 Å². The molecule has 1 saturated heterocycles. The van der Waals surface area contributed by atoms with Gasteiger partial charge in [0.2, 0.25) is 10.8 Å². The third-order valence-corrected chi connectivity index (χ3v) is 7.09. The summed E-state index contributed by atoms with van der Waals surface area (Å²) in [7, 11) is 0. The average molecular weight is 454 g/mol. The van der Waals surface area contributed by atoms with E-state index in [1.54, 1.807) is 4.52 Å². The Morgan fingerprint density at radius 2 is 1.74 bits per heavy atom. The van der Waals surface area contributed by atoms with Gasteiger partial charge in [-0.15, -0.1) is 5.10 Å². The highest BCUT2D eigenvalue weighted by atomic mass is 35.5. The van der Waals surface area contributed by atoms with Crippen LogP contribution in [0.4, 0.5) is 0 Å². The molecule has 0 spiro atoms. The van der Waals surface area contributed by atoms with E-state index in [4.69, 9.17) is 11.6 Å². The molecule has 0 amide bonds. The van der Waals surface area contributed by atoms with Crippen LogP contribution < -0.4 is 0 Å². The van der Waals surface area contributed by atoms with Crippen LogP contribution in [0, 0.1) is 6.92 Å². The molecule has 1 N–H and O–H groups in total. The number of fused-ring (bicyclic) bond motifs is 1. The van der Waals surface area contributed by atoms with E-state index < -0.39 is 0 Å². The Hall–Kier alpha value is -2.45. The number of thiazole rings is 1. The Morgan fingerprint density at radius 1 is 1.03 bits per heavy atom. The molecule has 1 atom stereocenters. The highest BCUT2D eigenvalue weighted by molar-refractivity contribution is 7.17. The van der Waals surface area contributed by atoms with Gasteiger partial charge in [0.1, 0.15) is 5.82 Å². The van der Waals surface area contributed by atoms with Crippen molar-refractivity contribution in [1.29, 1.82) is 0 Å². The van der Waals surface area contributed by atoms with Crippen LogP contribution in [0.2, 0.25) is 5.02 Å². The summed E-state index contributed by atoms with van der Waals surface area (Å²) in [4.78, 5) is 11.0. The van der Waals surface area contributed by atoms with Gasteiger partial charge in [-0.05, 0) is 30.2 Å². The van der Waals surface area contributed by atoms with Gasteiger partial charge in [0, 0.05) is 37.7 Å². The normalized spacial score (nSPS) is 16.7. The maximum Gasteiger partial charge on any atom is 0.230 e. The molecule has 0 radical (unpaired) electrons. The van der Waals surface area contributed by atoms with Gasteiger partial charge >= 0.3 is 0 Å². The lowest BCUT2D eigenvalue weighted by Crippen LogP contribution is -2.47. The average Bonchev–Trinajstić information content (AvgIpc) is 3.29. The predicted molar refractivity (Wildman–Crippen MR) is 124 cm³/mol. The summed E-state index contributed by atoms with van der Waals surface area (Å²) in [6.07, 6.45) is 0. The van der Waals surface area contributed by atoms with Crippen LogP contribution in [-0.4, -0.2) is 55.7 Å². The molecular weight excluding hydrogens is 430 g/mol. The highest BCUT2D eigenvalue weighted by Gasteiger charge is 2.31. The zero-order chi connectivity index (χ0) is 21.4. The standard InChI is InChI=1S/C23H24ClN5OS/c1-16-25-23-29(26-16)22(30)21(31-23)20(18-7-9-19(24)10-8-18)28-13-11-27(12-14-28)15-17-5-3-2-4-6-17/h2-10,20,30H,11-15H2,1H3/t20-/m0/s1. The molecule has 4 aromatic rings. The van der Waals surface area contributed by atoms with Crippen molar-refractivity contribution in [3.8, 4) is 5.88 Å². The molecule has 5 rings (SSSR count). The summed E-state index contributed by atoms with van der Waals surface area (Å²) in [5, 5.41) is 16.0. The van der Waals surface area contributed by atoms with Crippen LogP contribution in [0.1, 0.15) is 27.9 Å². The first-order valence-electron chi connectivity index (χ1n) is 10.4. The SMILES string of the molecule is Cc1nc2sc([C@H](c3ccc(Cl)cc3)N3CCN(Cc4ccccc4)CC3)c(O)n2n1. The molecule has 0 bridgehead atoms. The second-order valence-corrected chi connectivity index (χ2v) is 9.34. The fraction of sp³-hybridized carbons (Fsp3) is 0.304. The summed E-state index contributed by atoms with van der Waals surface area (Å²) < 4.78 is 1.55. The summed E-state index contributed by atoms with van der Waals surface area (Å²) >= 11 is 7.65. The predicted octanol–water partition coefficient (Wildman–Crippen LogP) is 4.37. The van der Waals surface area contributed by atoms with Crippen LogP contribution in [0.3, 0.4) is 0 Å². The Bertz CT molecular complexity index is 1170. The van der Waals surface area contributed by atoms with E-state index in [-0.39, 0.29) is 11.9 Å². The number of aryl methyl sites for hydroxylation is 1. The Labute approximate surface area is 190 Å². The third-order valence-electron chi connectivity index (χ3n) is 5.76. The van der Waals surface area contributed by atoms with Gasteiger partial charge in [0.25, 0.3) is 0 Å². The van der Waals surface area contributed by atoms with Gasteiger partial charge in [-0.2, -0.15) is 4.52 Å². The van der Waals surface area contributed by atoms with E-state index in [1.807, 2.05) is 31.2 Å². The fourth-order valence-electron chi connectivity index (χ4n) is 4.22. The first kappa shape index (κ1) is 20.5. The number of rotatable bonds is 5. The molecule has 160 valence electrons. The molecule has 2 aromatic carbocycles. The lowest BCUT2D eigenvalue weighted by Gasteiger charge is -2.39. The van der Waals surface area contributed by atoms with Crippen LogP contribution >= 0.6 is 22.9 Å². The van der Waals surface area contributed by atoms with Crippen molar-refractivity contribution in [2.45, 2.75) is 19.5 Å². The van der Waals surface area contributed by atoms with Crippen molar-refractivity contribution < 1.29 is 5.11 Å². The molecule has 1 aliphatic rings. The number of piperazine rings is 1. The molecular formula is C23H24ClN5OS. The topological polar surface area (TPSA) is 56.9 Å². The van der Waals surface area contributed by atoms with Crippen molar-refractivity contribution >= 4 is 27.9 Å². The Kier molecular flexibility index (Phi) is 5.67. The molecule has 3 heterocycles. The number of nitrogens with zero attached hydrogens (tertiary/aromatic N) is 5. The smallest absolute Gasteiger partial charge is 0.230 e. The number of aromatic nitrogens is 3. The summed E-state index contributed by atoms with van der Waals surface area (Å²) in [5.41, 5.74) is 2.45. The van der Waals surface area contributed by atoms with Gasteiger partial charge in [0.15, 0.2) is 0 Å². The second kappa shape index (κ2) is 8.59. The van der Waals surface area contributed by atoms with Crippen LogP contribution in [0.25, 0.3) is 4.96 Å². The summed E-state index contributed by atoms with van der Waals surface area (Å²) in [6, 6.07) is 18.4. The first-order valence-corrected chi connectivity index (χ1v) is 11.6. The summed E-state index contributed by atoms with van der Waals surface area (Å²) in [6.45, 7) is 6.56. The Morgan fingerprint density at radius 3 is 2.42 bits per heavy atom. The van der Waals surface area contributed by atoms with Gasteiger partial charge in [-0.3, -0.25) is 9.80 Å². The highest BCUT2D eigenvalue weighted by Crippen LogP contribution is 2.40. The minimum absolute atomic E-state index is 0.0649. The van der Waals surface area contributed by atoms with Crippen molar-refractivity contribution in [1.82, 2.24) is 24.4 Å². The zero-order valence-corrected chi connectivity index (χ0v) is 18.9. The van der Waals surface area contributed by atoms with Gasteiger partial charge in [0.05, 0.1) is 10.9 Å². The Balaban J connectivity index is 1.42. The van der Waals surface area contributed by atoms with Crippen LogP contribution in [0.5, 0.6) is 5.88 Å². The minimum atomic E-state index is -0.0649. The van der Waals surface area contributed by atoms with Crippen LogP contribution in [0.15, 0.2) is 54.6 Å². The van der Waals surface area contributed by atoms with Crippen molar-refractivity contribution in [2.75, 3.05) is 26.2 Å². The van der Waals surface area contributed by atoms with Crippen LogP contribution in [-0.2, 0) is 6.54 Å². The van der Waals surface area contributed by atoms with E-state index >= 15 is 0 Å². The van der Waals surface area contributed by atoms with Gasteiger partial charge < -0.3 is 5.11 Å². The first-order chi connectivity index (χ1) is 15.1. The molecule has 1 aliphatic heterocycles. The lowest BCUT2D eigenvalue weighted by atomic mass is 10.0. The van der Waals surface area contributed by atoms with E-state index in [9.17, 15) is 5.11 Å². The molecule has 8 heteroatoms. The van der Waals surface area contributed by atoms with E-state index in [1.165, 1.54) is 16.9 Å². The van der Waals surface area contributed by atoms with Crippen molar-refractivity contribution in [2.24, 2.45) is 0 Å². The quantitative estimate of drug-likeness (QED) is 0.486. The van der Waals surface area contributed by atoms with Crippen molar-refractivity contribution in [3.05, 3.63) is 81.4 Å². The van der Waals surface area contributed by atoms with Gasteiger partial charge in [-0.25, -0.2) is 4.98 Å². The molecule has 0 unspecified atom stereocenters. The van der Waals surface area contributed by atoms with Gasteiger partial charge in [-0.1, -0.05) is 65.4 Å². The fourth-order valence-corrected chi connectivity index (χ4v) is 5.51. The molecule has 0 aliphatic carbocycles. The molecule has 31 heavy (non-hydrogen) atoms. The monoisotopic (exact) mass is 453 g/mol. The number of hydrogen-bond donors (Lipinski definition) is 1. The minimum Gasteiger partial charge on any atom is -0.492 e. The van der Waals surface area contributed by atoms with E-state index in [0.717, 1.165) is 43.2 Å². The maximum absolute atomic E-state index is 11.0. The maximum atomic E-state index is 11.0. The summed E-state index contributed by atoms with van der Waals surface area (Å²) in [5.74, 6) is 0.831. The molecule has 1 fully saturated rings. The molecule has 0 saturated carbocycles. The van der Waals surface area contributed by atoms with Crippen molar-refractivity contribution in [3.63, 3.8) is 0 Å². The number of benzene rings is 2. The molecule has 6 nitrogen and oxygen atoms in total. The number of aromatic hydroxyl groups is 1. The zero-order valence-electron chi connectivity index (χ0n) is 17.3.